The van der Waals surface area contributed by atoms with Gasteiger partial charge in [0.25, 0.3) is 11.6 Å². The molecule has 7 heteroatoms. The van der Waals surface area contributed by atoms with Gasteiger partial charge in [-0.3, -0.25) is 4.79 Å². The van der Waals surface area contributed by atoms with Crippen molar-refractivity contribution in [1.82, 2.24) is 5.01 Å². The third-order valence-electron chi connectivity index (χ3n) is 5.22. The summed E-state index contributed by atoms with van der Waals surface area (Å²) >= 11 is 0. The van der Waals surface area contributed by atoms with Gasteiger partial charge >= 0.3 is 6.18 Å². The summed E-state index contributed by atoms with van der Waals surface area (Å²) in [5.41, 5.74) is -2.12. The molecule has 26 heavy (non-hydrogen) atoms. The summed E-state index contributed by atoms with van der Waals surface area (Å²) in [5.74, 6) is -2.12. The van der Waals surface area contributed by atoms with Gasteiger partial charge in [-0.05, 0) is 42.4 Å². The van der Waals surface area contributed by atoms with Crippen LogP contribution in [0.4, 0.5) is 13.2 Å². The molecular weight excluding hydrogens is 345 g/mol. The van der Waals surface area contributed by atoms with Crippen LogP contribution in [0.5, 0.6) is 0 Å². The number of hydrogen-bond acceptors (Lipinski definition) is 3. The van der Waals surface area contributed by atoms with Crippen LogP contribution < -0.4 is 0 Å². The number of benzene rings is 1. The second-order valence-electron chi connectivity index (χ2n) is 8.06. The van der Waals surface area contributed by atoms with Gasteiger partial charge in [-0.25, -0.2) is 0 Å². The summed E-state index contributed by atoms with van der Waals surface area (Å²) in [6.45, 7) is 6.01. The minimum absolute atomic E-state index is 0.0728. The van der Waals surface area contributed by atoms with E-state index in [1.54, 1.807) is 12.1 Å². The van der Waals surface area contributed by atoms with E-state index in [2.05, 4.69) is 5.10 Å². The van der Waals surface area contributed by atoms with E-state index in [9.17, 15) is 23.1 Å². The van der Waals surface area contributed by atoms with E-state index in [1.807, 2.05) is 20.8 Å². The van der Waals surface area contributed by atoms with Crippen LogP contribution in [0.1, 0.15) is 62.4 Å². The molecule has 2 unspecified atom stereocenters. The lowest BCUT2D eigenvalue weighted by Crippen LogP contribution is -2.61. The van der Waals surface area contributed by atoms with Crippen LogP contribution in [0, 0.1) is 5.92 Å². The number of hydrazone groups is 1. The summed E-state index contributed by atoms with van der Waals surface area (Å²) < 4.78 is 41.2. The maximum atomic E-state index is 13.7. The fraction of sp³-hybridized carbons (Fsp3) is 0.579. The second-order valence-corrected chi connectivity index (χ2v) is 8.06. The molecule has 1 saturated carbocycles. The largest absolute Gasteiger partial charge is 0.439 e. The minimum atomic E-state index is -4.98. The quantitative estimate of drug-likeness (QED) is 0.806. The molecule has 1 aliphatic heterocycles. The third kappa shape index (κ3) is 2.92. The van der Waals surface area contributed by atoms with E-state index in [0.717, 1.165) is 5.56 Å². The molecule has 0 spiro atoms. The number of nitrogens with zero attached hydrogens (tertiary/aromatic N) is 2. The first-order valence-corrected chi connectivity index (χ1v) is 8.78. The predicted octanol–water partition coefficient (Wildman–Crippen LogP) is 4.24. The zero-order valence-corrected chi connectivity index (χ0v) is 15.1. The number of carbonyl (C=O) groups is 1. The number of amides is 1. The highest BCUT2D eigenvalue weighted by molar-refractivity contribution is 5.99. The van der Waals surface area contributed by atoms with E-state index >= 15 is 0 Å². The Morgan fingerprint density at radius 1 is 1.19 bits per heavy atom. The van der Waals surface area contributed by atoms with Crippen molar-refractivity contribution >= 4 is 11.6 Å². The Balaban J connectivity index is 1.98. The van der Waals surface area contributed by atoms with Crippen molar-refractivity contribution in [1.29, 1.82) is 0 Å². The van der Waals surface area contributed by atoms with Crippen LogP contribution in [-0.4, -0.2) is 33.6 Å². The molecule has 1 amide bonds. The Hall–Kier alpha value is -1.89. The zero-order chi connectivity index (χ0) is 19.3. The summed E-state index contributed by atoms with van der Waals surface area (Å²) in [6.07, 6.45) is -3.16. The van der Waals surface area contributed by atoms with Gasteiger partial charge in [0.15, 0.2) is 0 Å². The molecule has 1 aromatic rings. The molecule has 4 nitrogen and oxygen atoms in total. The second kappa shape index (κ2) is 6.08. The van der Waals surface area contributed by atoms with Crippen molar-refractivity contribution in [3.63, 3.8) is 0 Å². The van der Waals surface area contributed by atoms with Crippen LogP contribution in [0.25, 0.3) is 0 Å². The molecule has 1 heterocycles. The Morgan fingerprint density at radius 2 is 1.81 bits per heavy atom. The lowest BCUT2D eigenvalue weighted by Gasteiger charge is -2.38. The molecule has 2 aliphatic rings. The molecule has 0 bridgehead atoms. The van der Waals surface area contributed by atoms with E-state index in [4.69, 9.17) is 0 Å². The monoisotopic (exact) mass is 368 g/mol. The van der Waals surface area contributed by atoms with Crippen molar-refractivity contribution < 1.29 is 23.1 Å². The first-order valence-electron chi connectivity index (χ1n) is 8.78. The highest BCUT2D eigenvalue weighted by Crippen LogP contribution is 2.48. The number of halogens is 3. The van der Waals surface area contributed by atoms with Crippen LogP contribution in [-0.2, 0) is 5.41 Å². The Labute approximate surface area is 150 Å². The molecule has 1 N–H and O–H groups in total. The molecule has 142 valence electrons. The van der Waals surface area contributed by atoms with Crippen molar-refractivity contribution in [2.75, 3.05) is 0 Å². The molecule has 1 fully saturated rings. The lowest BCUT2D eigenvalue weighted by atomic mass is 9.80. The first kappa shape index (κ1) is 18.9. The molecular formula is C19H23F3N2O2. The fourth-order valence-electron chi connectivity index (χ4n) is 3.65. The standard InChI is InChI=1S/C19H23F3N2O2/c1-17(2,3)13-10-8-12(9-11-13)16(25)24-18(26,19(20,21)22)14-6-4-5-7-15(14)23-24/h8-11,14,26H,4-7H2,1-3H3. The molecule has 0 aromatic heterocycles. The van der Waals surface area contributed by atoms with Crippen LogP contribution in [0.15, 0.2) is 29.4 Å². The van der Waals surface area contributed by atoms with Gasteiger partial charge in [0.05, 0.1) is 5.92 Å². The zero-order valence-electron chi connectivity index (χ0n) is 15.1. The number of hydrogen-bond donors (Lipinski definition) is 1. The highest BCUT2D eigenvalue weighted by Gasteiger charge is 2.68. The minimum Gasteiger partial charge on any atom is -0.362 e. The van der Waals surface area contributed by atoms with Crippen molar-refractivity contribution in [3.05, 3.63) is 35.4 Å². The summed E-state index contributed by atoms with van der Waals surface area (Å²) in [4.78, 5) is 12.8. The first-order chi connectivity index (χ1) is 12.0. The van der Waals surface area contributed by atoms with Crippen LogP contribution in [0.3, 0.4) is 0 Å². The SMILES string of the molecule is CC(C)(C)c1ccc(C(=O)N2N=C3CCCCC3C2(O)C(F)(F)F)cc1. The van der Waals surface area contributed by atoms with E-state index < -0.39 is 23.7 Å². The number of aliphatic hydroxyl groups is 1. The molecule has 1 aliphatic carbocycles. The number of fused-ring (bicyclic) bond motifs is 1. The van der Waals surface area contributed by atoms with Crippen LogP contribution >= 0.6 is 0 Å². The average Bonchev–Trinajstić information content (AvgIpc) is 2.88. The van der Waals surface area contributed by atoms with E-state index in [1.165, 1.54) is 12.1 Å². The van der Waals surface area contributed by atoms with Gasteiger partial charge in [0, 0.05) is 11.3 Å². The number of carbonyl (C=O) groups excluding carboxylic acids is 1. The molecule has 1 aromatic carbocycles. The maximum absolute atomic E-state index is 13.7. The van der Waals surface area contributed by atoms with Crippen LogP contribution in [0.2, 0.25) is 0 Å². The summed E-state index contributed by atoms with van der Waals surface area (Å²) in [7, 11) is 0. The molecule has 2 atom stereocenters. The van der Waals surface area contributed by atoms with Gasteiger partial charge in [-0.15, -0.1) is 0 Å². The highest BCUT2D eigenvalue weighted by atomic mass is 19.4. The Kier molecular flexibility index (Phi) is 4.42. The normalized spacial score (nSPS) is 26.5. The predicted molar refractivity (Wildman–Crippen MR) is 91.7 cm³/mol. The Morgan fingerprint density at radius 3 is 2.35 bits per heavy atom. The van der Waals surface area contributed by atoms with Crippen molar-refractivity contribution in [2.45, 2.75) is 63.8 Å². The lowest BCUT2D eigenvalue weighted by molar-refractivity contribution is -0.312. The topological polar surface area (TPSA) is 52.9 Å². The van der Waals surface area contributed by atoms with Gasteiger partial charge < -0.3 is 5.11 Å². The molecule has 0 saturated heterocycles. The van der Waals surface area contributed by atoms with Gasteiger partial charge in [-0.2, -0.15) is 23.3 Å². The average molecular weight is 368 g/mol. The molecule has 0 radical (unpaired) electrons. The van der Waals surface area contributed by atoms with Crippen molar-refractivity contribution in [3.8, 4) is 0 Å². The van der Waals surface area contributed by atoms with E-state index in [0.29, 0.717) is 19.3 Å². The summed E-state index contributed by atoms with van der Waals surface area (Å²) in [5, 5.41) is 14.7. The maximum Gasteiger partial charge on any atom is 0.439 e. The summed E-state index contributed by atoms with van der Waals surface area (Å²) in [6, 6.07) is 6.41. The van der Waals surface area contributed by atoms with Gasteiger partial charge in [-0.1, -0.05) is 39.3 Å². The van der Waals surface area contributed by atoms with Gasteiger partial charge in [0.1, 0.15) is 0 Å². The van der Waals surface area contributed by atoms with Crippen molar-refractivity contribution in [2.24, 2.45) is 11.0 Å². The number of rotatable bonds is 1. The van der Waals surface area contributed by atoms with Gasteiger partial charge in [0.2, 0.25) is 0 Å². The number of alkyl halides is 3. The smallest absolute Gasteiger partial charge is 0.362 e. The Bertz CT molecular complexity index is 735. The van der Waals surface area contributed by atoms with E-state index in [-0.39, 0.29) is 28.1 Å². The fourth-order valence-corrected chi connectivity index (χ4v) is 3.65. The third-order valence-corrected chi connectivity index (χ3v) is 5.22. The molecule has 3 rings (SSSR count).